The third-order valence-electron chi connectivity index (χ3n) is 3.19. The molecule has 0 saturated carbocycles. The van der Waals surface area contributed by atoms with Crippen molar-refractivity contribution in [1.29, 1.82) is 0 Å². The molecule has 0 unspecified atom stereocenters. The molecular weight excluding hydrogens is 292 g/mol. The maximum Gasteiger partial charge on any atom is 0.356 e. The Hall–Kier alpha value is -2.40. The van der Waals surface area contributed by atoms with Crippen LogP contribution in [0.1, 0.15) is 27.8 Å². The number of pyridine rings is 1. The number of nitrogens with zero attached hydrogens (tertiary/aromatic N) is 1. The summed E-state index contributed by atoms with van der Waals surface area (Å²) in [5, 5.41) is 1.08. The topological polar surface area (TPSA) is 72.0 Å². The fourth-order valence-corrected chi connectivity index (χ4v) is 2.36. The van der Waals surface area contributed by atoms with Crippen LogP contribution in [0.5, 0.6) is 0 Å². The third kappa shape index (κ3) is 2.36. The van der Waals surface area contributed by atoms with E-state index in [1.54, 1.807) is 37.4 Å². The largest absolute Gasteiger partial charge is 0.461 e. The molecule has 0 spiro atoms. The first-order chi connectivity index (χ1) is 10.1. The van der Waals surface area contributed by atoms with Crippen LogP contribution in [0.3, 0.4) is 0 Å². The molecule has 0 fully saturated rings. The molecule has 5 nitrogen and oxygen atoms in total. The minimum Gasteiger partial charge on any atom is -0.461 e. The van der Waals surface area contributed by atoms with E-state index in [2.05, 4.69) is 9.97 Å². The molecule has 0 radical (unpaired) electrons. The molecule has 0 aliphatic rings. The maximum absolute atomic E-state index is 11.8. The molecule has 0 aliphatic heterocycles. The van der Waals surface area contributed by atoms with Crippen LogP contribution in [0, 0.1) is 0 Å². The van der Waals surface area contributed by atoms with Crippen molar-refractivity contribution in [2.24, 2.45) is 0 Å². The van der Waals surface area contributed by atoms with Crippen LogP contribution >= 0.6 is 11.6 Å². The van der Waals surface area contributed by atoms with Gasteiger partial charge in [0.2, 0.25) is 0 Å². The molecule has 1 aromatic carbocycles. The number of fused-ring (bicyclic) bond motifs is 3. The van der Waals surface area contributed by atoms with Crippen molar-refractivity contribution in [3.05, 3.63) is 41.7 Å². The Balaban J connectivity index is 2.22. The Bertz CT molecular complexity index is 870. The predicted octanol–water partition coefficient (Wildman–Crippen LogP) is 3.27. The van der Waals surface area contributed by atoms with Crippen LogP contribution in [0.25, 0.3) is 21.8 Å². The van der Waals surface area contributed by atoms with Gasteiger partial charge in [-0.25, -0.2) is 9.78 Å². The fraction of sp³-hybridized carbons (Fsp3) is 0.133. The number of esters is 1. The van der Waals surface area contributed by atoms with Gasteiger partial charge in [0.1, 0.15) is 5.69 Å². The lowest BCUT2D eigenvalue weighted by Gasteiger charge is -2.00. The number of hydrogen-bond acceptors (Lipinski definition) is 4. The second-order valence-electron chi connectivity index (χ2n) is 4.49. The van der Waals surface area contributed by atoms with Crippen LogP contribution < -0.4 is 0 Å². The molecule has 0 saturated heterocycles. The van der Waals surface area contributed by atoms with E-state index in [-0.39, 0.29) is 12.3 Å². The van der Waals surface area contributed by atoms with Gasteiger partial charge >= 0.3 is 5.97 Å². The highest BCUT2D eigenvalue weighted by Crippen LogP contribution is 2.27. The Morgan fingerprint density at radius 1 is 1.24 bits per heavy atom. The quantitative estimate of drug-likeness (QED) is 0.595. The highest BCUT2D eigenvalue weighted by molar-refractivity contribution is 6.67. The molecular formula is C15H11ClN2O3. The molecule has 0 aliphatic carbocycles. The molecule has 1 N–H and O–H groups in total. The average Bonchev–Trinajstić information content (AvgIpc) is 2.84. The maximum atomic E-state index is 11.8. The molecule has 106 valence electrons. The lowest BCUT2D eigenvalue weighted by molar-refractivity contribution is 0.0519. The predicted molar refractivity (Wildman–Crippen MR) is 79.7 cm³/mol. The Morgan fingerprint density at radius 3 is 2.71 bits per heavy atom. The summed E-state index contributed by atoms with van der Waals surface area (Å²) in [5.74, 6) is -0.474. The Morgan fingerprint density at radius 2 is 2.00 bits per heavy atom. The second-order valence-corrected chi connectivity index (χ2v) is 4.84. The molecule has 2 heterocycles. The van der Waals surface area contributed by atoms with E-state index in [4.69, 9.17) is 16.3 Å². The van der Waals surface area contributed by atoms with Crippen molar-refractivity contribution in [2.45, 2.75) is 6.92 Å². The third-order valence-corrected chi connectivity index (χ3v) is 3.41. The monoisotopic (exact) mass is 302 g/mol. The summed E-state index contributed by atoms with van der Waals surface area (Å²) >= 11 is 5.51. The standard InChI is InChI=1S/C15H11ClN2O3/c1-2-21-15(20)12-6-10-9-5-8(14(16)19)3-4-11(9)18-13(10)7-17-12/h3-7,18H,2H2,1H3. The van der Waals surface area contributed by atoms with E-state index < -0.39 is 11.2 Å². The number of carbonyl (C=O) groups excluding carboxylic acids is 2. The molecule has 3 aromatic rings. The molecule has 3 rings (SSSR count). The summed E-state index contributed by atoms with van der Waals surface area (Å²) in [6.45, 7) is 2.03. The van der Waals surface area contributed by atoms with Crippen molar-refractivity contribution in [3.63, 3.8) is 0 Å². The van der Waals surface area contributed by atoms with E-state index in [0.717, 1.165) is 21.8 Å². The first kappa shape index (κ1) is 13.6. The highest BCUT2D eigenvalue weighted by atomic mass is 35.5. The molecule has 2 aromatic heterocycles. The van der Waals surface area contributed by atoms with Crippen molar-refractivity contribution < 1.29 is 14.3 Å². The number of rotatable bonds is 3. The van der Waals surface area contributed by atoms with E-state index in [0.29, 0.717) is 5.56 Å². The number of carbonyl (C=O) groups is 2. The highest BCUT2D eigenvalue weighted by Gasteiger charge is 2.13. The van der Waals surface area contributed by atoms with Gasteiger partial charge in [-0.2, -0.15) is 0 Å². The minimum absolute atomic E-state index is 0.229. The zero-order chi connectivity index (χ0) is 15.0. The summed E-state index contributed by atoms with van der Waals surface area (Å²) < 4.78 is 4.94. The normalized spacial score (nSPS) is 11.0. The number of hydrogen-bond donors (Lipinski definition) is 1. The van der Waals surface area contributed by atoms with Gasteiger partial charge in [-0.05, 0) is 42.8 Å². The van der Waals surface area contributed by atoms with Crippen molar-refractivity contribution in [3.8, 4) is 0 Å². The van der Waals surface area contributed by atoms with Gasteiger partial charge in [0.05, 0.1) is 18.3 Å². The SMILES string of the molecule is CCOC(=O)c1cc2c(cn1)[nH]c1ccc(C(=O)Cl)cc12. The van der Waals surface area contributed by atoms with Gasteiger partial charge in [-0.15, -0.1) is 0 Å². The summed E-state index contributed by atoms with van der Waals surface area (Å²) in [6.07, 6.45) is 1.57. The number of nitrogens with one attached hydrogen (secondary N) is 1. The summed E-state index contributed by atoms with van der Waals surface area (Å²) in [6, 6.07) is 6.76. The van der Waals surface area contributed by atoms with Gasteiger partial charge < -0.3 is 9.72 Å². The molecule has 0 atom stereocenters. The van der Waals surface area contributed by atoms with Crippen LogP contribution in [-0.2, 0) is 4.74 Å². The summed E-state index contributed by atoms with van der Waals surface area (Å²) in [4.78, 5) is 30.3. The second kappa shape index (κ2) is 5.18. The zero-order valence-corrected chi connectivity index (χ0v) is 11.9. The smallest absolute Gasteiger partial charge is 0.356 e. The van der Waals surface area contributed by atoms with Gasteiger partial charge in [-0.1, -0.05) is 0 Å². The van der Waals surface area contributed by atoms with Gasteiger partial charge in [0, 0.05) is 21.9 Å². The van der Waals surface area contributed by atoms with E-state index in [1.165, 1.54) is 0 Å². The number of benzene rings is 1. The number of halogens is 1. The van der Waals surface area contributed by atoms with Crippen LogP contribution in [0.2, 0.25) is 0 Å². The molecule has 21 heavy (non-hydrogen) atoms. The molecule has 6 heteroatoms. The summed E-state index contributed by atoms with van der Waals surface area (Å²) in [7, 11) is 0. The lowest BCUT2D eigenvalue weighted by Crippen LogP contribution is -2.06. The van der Waals surface area contributed by atoms with E-state index in [1.807, 2.05) is 0 Å². The first-order valence-electron chi connectivity index (χ1n) is 6.38. The average molecular weight is 303 g/mol. The fourth-order valence-electron chi connectivity index (χ4n) is 2.24. The summed E-state index contributed by atoms with van der Waals surface area (Å²) in [5.41, 5.74) is 2.25. The van der Waals surface area contributed by atoms with Crippen LogP contribution in [-0.4, -0.2) is 27.8 Å². The first-order valence-corrected chi connectivity index (χ1v) is 6.76. The Kier molecular flexibility index (Phi) is 3.35. The lowest BCUT2D eigenvalue weighted by atomic mass is 10.1. The number of aromatic nitrogens is 2. The van der Waals surface area contributed by atoms with E-state index in [9.17, 15) is 9.59 Å². The van der Waals surface area contributed by atoms with Gasteiger partial charge in [-0.3, -0.25) is 4.79 Å². The Labute approximate surface area is 124 Å². The van der Waals surface area contributed by atoms with Crippen LogP contribution in [0.15, 0.2) is 30.5 Å². The van der Waals surface area contributed by atoms with Crippen molar-refractivity contribution in [2.75, 3.05) is 6.61 Å². The van der Waals surface area contributed by atoms with Crippen molar-refractivity contribution in [1.82, 2.24) is 9.97 Å². The van der Waals surface area contributed by atoms with Gasteiger partial charge in [0.25, 0.3) is 5.24 Å². The number of ether oxygens (including phenoxy) is 1. The van der Waals surface area contributed by atoms with Crippen molar-refractivity contribution >= 4 is 44.6 Å². The zero-order valence-electron chi connectivity index (χ0n) is 11.1. The van der Waals surface area contributed by atoms with Crippen LogP contribution in [0.4, 0.5) is 0 Å². The molecule has 0 amide bonds. The molecule has 0 bridgehead atoms. The number of H-pyrrole nitrogens is 1. The van der Waals surface area contributed by atoms with Gasteiger partial charge in [0.15, 0.2) is 0 Å². The van der Waals surface area contributed by atoms with E-state index >= 15 is 0 Å². The number of aromatic amines is 1. The minimum atomic E-state index is -0.522.